The zero-order valence-electron chi connectivity index (χ0n) is 9.11. The minimum Gasteiger partial charge on any atom is -0.395 e. The number of rotatable bonds is 6. The Morgan fingerprint density at radius 3 is 2.53 bits per heavy atom. The number of hydrogen-bond acceptors (Lipinski definition) is 3. The zero-order valence-corrected chi connectivity index (χ0v) is 10.7. The Bertz CT molecular complexity index is 363. The largest absolute Gasteiger partial charge is 0.395 e. The van der Waals surface area contributed by atoms with Crippen LogP contribution in [0.4, 0.5) is 14.5 Å². The Balaban J connectivity index is 3.02. The summed E-state index contributed by atoms with van der Waals surface area (Å²) in [6, 6.07) is 5.05. The van der Waals surface area contributed by atoms with E-state index in [1.54, 1.807) is 18.2 Å². The maximum Gasteiger partial charge on any atom is 0.255 e. The average Bonchev–Trinajstić information content (AvgIpc) is 2.28. The van der Waals surface area contributed by atoms with Crippen molar-refractivity contribution in [1.29, 1.82) is 0 Å². The molecule has 96 valence electrons. The summed E-state index contributed by atoms with van der Waals surface area (Å²) >= 11 is 3.25. The van der Waals surface area contributed by atoms with E-state index in [0.29, 0.717) is 11.3 Å². The van der Waals surface area contributed by atoms with Crippen LogP contribution in [-0.4, -0.2) is 36.3 Å². The lowest BCUT2D eigenvalue weighted by atomic mass is 10.1. The molecule has 0 atom stereocenters. The third-order valence-electron chi connectivity index (χ3n) is 2.29. The third-order valence-corrected chi connectivity index (χ3v) is 2.78. The molecule has 0 aliphatic carbocycles. The second-order valence-electron chi connectivity index (χ2n) is 3.49. The molecule has 0 amide bonds. The van der Waals surface area contributed by atoms with Crippen molar-refractivity contribution in [2.45, 2.75) is 13.0 Å². The first-order valence-electron chi connectivity index (χ1n) is 5.11. The van der Waals surface area contributed by atoms with Crippen LogP contribution in [0.3, 0.4) is 0 Å². The van der Waals surface area contributed by atoms with Crippen molar-refractivity contribution in [3.05, 3.63) is 28.2 Å². The number of nitrogens with zero attached hydrogens (tertiary/aromatic N) is 1. The topological polar surface area (TPSA) is 43.7 Å². The van der Waals surface area contributed by atoms with E-state index in [2.05, 4.69) is 15.9 Å². The molecule has 6 heteroatoms. The van der Waals surface area contributed by atoms with E-state index in [-0.39, 0.29) is 19.8 Å². The van der Waals surface area contributed by atoms with Gasteiger partial charge < -0.3 is 15.1 Å². The molecule has 0 aliphatic rings. The average molecular weight is 310 g/mol. The molecule has 0 saturated carbocycles. The molecule has 0 bridgehead atoms. The van der Waals surface area contributed by atoms with Crippen molar-refractivity contribution in [3.8, 4) is 0 Å². The van der Waals surface area contributed by atoms with Crippen LogP contribution >= 0.6 is 15.9 Å². The zero-order chi connectivity index (χ0) is 12.8. The first-order chi connectivity index (χ1) is 8.08. The van der Waals surface area contributed by atoms with Crippen LogP contribution in [0.2, 0.25) is 0 Å². The van der Waals surface area contributed by atoms with Gasteiger partial charge in [0.2, 0.25) is 0 Å². The first kappa shape index (κ1) is 14.3. The maximum absolute atomic E-state index is 12.4. The fourth-order valence-corrected chi connectivity index (χ4v) is 1.91. The first-order valence-corrected chi connectivity index (χ1v) is 5.91. The Morgan fingerprint density at radius 1 is 1.29 bits per heavy atom. The molecule has 0 aliphatic heterocycles. The number of halogens is 3. The predicted octanol–water partition coefficient (Wildman–Crippen LogP) is 2.01. The van der Waals surface area contributed by atoms with E-state index in [4.69, 9.17) is 10.2 Å². The molecule has 0 spiro atoms. The fourth-order valence-electron chi connectivity index (χ4n) is 1.56. The predicted molar refractivity (Wildman–Crippen MR) is 65.4 cm³/mol. The molecule has 3 nitrogen and oxygen atoms in total. The van der Waals surface area contributed by atoms with Gasteiger partial charge in [-0.1, -0.05) is 22.0 Å². The molecular weight excluding hydrogens is 296 g/mol. The number of aliphatic hydroxyl groups excluding tert-OH is 2. The summed E-state index contributed by atoms with van der Waals surface area (Å²) in [6.07, 6.45) is -2.49. The van der Waals surface area contributed by atoms with Crippen LogP contribution in [0.1, 0.15) is 5.56 Å². The van der Waals surface area contributed by atoms with Crippen LogP contribution in [0.25, 0.3) is 0 Å². The maximum atomic E-state index is 12.4. The quantitative estimate of drug-likeness (QED) is 0.845. The van der Waals surface area contributed by atoms with Gasteiger partial charge in [0.05, 0.1) is 19.8 Å². The van der Waals surface area contributed by atoms with Gasteiger partial charge in [0, 0.05) is 22.3 Å². The number of anilines is 1. The van der Waals surface area contributed by atoms with E-state index in [1.165, 1.54) is 4.90 Å². The molecule has 0 saturated heterocycles. The van der Waals surface area contributed by atoms with Crippen LogP contribution in [0, 0.1) is 0 Å². The lowest BCUT2D eigenvalue weighted by Gasteiger charge is -2.25. The highest BCUT2D eigenvalue weighted by Crippen LogP contribution is 2.25. The second-order valence-corrected chi connectivity index (χ2v) is 4.41. The SMILES string of the molecule is OCCN(CC(F)F)c1cc(Br)ccc1CO. The monoisotopic (exact) mass is 309 g/mol. The summed E-state index contributed by atoms with van der Waals surface area (Å²) in [6.45, 7) is -0.810. The van der Waals surface area contributed by atoms with Crippen molar-refractivity contribution >= 4 is 21.6 Å². The summed E-state index contributed by atoms with van der Waals surface area (Å²) in [7, 11) is 0. The Hall–Kier alpha value is -0.720. The van der Waals surface area contributed by atoms with E-state index in [0.717, 1.165) is 4.47 Å². The normalized spacial score (nSPS) is 10.9. The van der Waals surface area contributed by atoms with Gasteiger partial charge in [0.15, 0.2) is 0 Å². The number of hydrogen-bond donors (Lipinski definition) is 2. The van der Waals surface area contributed by atoms with Crippen molar-refractivity contribution < 1.29 is 19.0 Å². The molecule has 0 heterocycles. The second kappa shape index (κ2) is 6.88. The molecular formula is C11H14BrF2NO2. The lowest BCUT2D eigenvalue weighted by molar-refractivity contribution is 0.152. The molecule has 2 N–H and O–H groups in total. The smallest absolute Gasteiger partial charge is 0.255 e. The number of benzene rings is 1. The lowest BCUT2D eigenvalue weighted by Crippen LogP contribution is -2.32. The van der Waals surface area contributed by atoms with Gasteiger partial charge in [-0.3, -0.25) is 0 Å². The van der Waals surface area contributed by atoms with Crippen molar-refractivity contribution in [3.63, 3.8) is 0 Å². The van der Waals surface area contributed by atoms with E-state index in [1.807, 2.05) is 0 Å². The third kappa shape index (κ3) is 4.22. The Labute approximate surface area is 107 Å². The molecule has 0 unspecified atom stereocenters. The van der Waals surface area contributed by atoms with Crippen LogP contribution in [0.5, 0.6) is 0 Å². The van der Waals surface area contributed by atoms with Gasteiger partial charge in [0.25, 0.3) is 6.43 Å². The molecule has 17 heavy (non-hydrogen) atoms. The minimum atomic E-state index is -2.49. The standard InChI is InChI=1S/C11H14BrF2NO2/c12-9-2-1-8(7-17)10(5-9)15(3-4-16)6-11(13)14/h1-2,5,11,16-17H,3-4,6-7H2. The molecule has 1 aromatic rings. The van der Waals surface area contributed by atoms with Gasteiger partial charge in [-0.15, -0.1) is 0 Å². The van der Waals surface area contributed by atoms with Gasteiger partial charge >= 0.3 is 0 Å². The van der Waals surface area contributed by atoms with Crippen molar-refractivity contribution in [2.75, 3.05) is 24.6 Å². The summed E-state index contributed by atoms with van der Waals surface area (Å²) < 4.78 is 25.6. The van der Waals surface area contributed by atoms with Crippen molar-refractivity contribution in [1.82, 2.24) is 0 Å². The highest BCUT2D eigenvalue weighted by Gasteiger charge is 2.15. The van der Waals surface area contributed by atoms with Gasteiger partial charge in [-0.25, -0.2) is 8.78 Å². The van der Waals surface area contributed by atoms with E-state index < -0.39 is 13.0 Å². The summed E-state index contributed by atoms with van der Waals surface area (Å²) in [5.74, 6) is 0. The van der Waals surface area contributed by atoms with Gasteiger partial charge in [-0.05, 0) is 12.1 Å². The van der Waals surface area contributed by atoms with E-state index >= 15 is 0 Å². The Kier molecular flexibility index (Phi) is 5.80. The summed E-state index contributed by atoms with van der Waals surface area (Å²) in [4.78, 5) is 1.36. The minimum absolute atomic E-state index is 0.105. The molecule has 0 fully saturated rings. The van der Waals surface area contributed by atoms with E-state index in [9.17, 15) is 8.78 Å². The molecule has 0 aromatic heterocycles. The number of alkyl halides is 2. The molecule has 1 rings (SSSR count). The highest BCUT2D eigenvalue weighted by molar-refractivity contribution is 9.10. The molecule has 0 radical (unpaired) electrons. The van der Waals surface area contributed by atoms with Gasteiger partial charge in [0.1, 0.15) is 0 Å². The van der Waals surface area contributed by atoms with Crippen LogP contribution < -0.4 is 4.90 Å². The van der Waals surface area contributed by atoms with Crippen LogP contribution in [0.15, 0.2) is 22.7 Å². The highest BCUT2D eigenvalue weighted by atomic mass is 79.9. The summed E-state index contributed by atoms with van der Waals surface area (Å²) in [5, 5.41) is 18.1. The number of aliphatic hydroxyl groups is 2. The Morgan fingerprint density at radius 2 is 2.00 bits per heavy atom. The molecule has 1 aromatic carbocycles. The van der Waals surface area contributed by atoms with Crippen LogP contribution in [-0.2, 0) is 6.61 Å². The summed E-state index contributed by atoms with van der Waals surface area (Å²) in [5.41, 5.74) is 1.07. The fraction of sp³-hybridized carbons (Fsp3) is 0.455. The van der Waals surface area contributed by atoms with Gasteiger partial charge in [-0.2, -0.15) is 0 Å². The van der Waals surface area contributed by atoms with Crippen molar-refractivity contribution in [2.24, 2.45) is 0 Å².